The zero-order chi connectivity index (χ0) is 40.2. The Morgan fingerprint density at radius 1 is 0.833 bits per heavy atom. The molecule has 3 rings (SSSR count). The first-order valence-electron chi connectivity index (χ1n) is 18.1. The number of rotatable bonds is 16. The molecule has 292 valence electrons. The average molecular weight is 746 g/mol. The highest BCUT2D eigenvalue weighted by Crippen LogP contribution is 2.40. The third kappa shape index (κ3) is 12.0. The maximum absolute atomic E-state index is 14.1. The molecule has 0 aliphatic heterocycles. The molecule has 0 saturated carbocycles. The second kappa shape index (κ2) is 19.5. The fraction of sp³-hybridized carbons (Fsp3) is 0.439. The Kier molecular flexibility index (Phi) is 15.4. The van der Waals surface area contributed by atoms with Crippen LogP contribution >= 0.6 is 0 Å². The average Bonchev–Trinajstić information content (AvgIpc) is 3.11. The quantitative estimate of drug-likeness (QED) is 0.149. The van der Waals surface area contributed by atoms with Crippen molar-refractivity contribution in [3.63, 3.8) is 0 Å². The van der Waals surface area contributed by atoms with Gasteiger partial charge in [0.05, 0.1) is 19.7 Å². The van der Waals surface area contributed by atoms with Crippen LogP contribution in [-0.4, -0.2) is 86.7 Å². The van der Waals surface area contributed by atoms with Gasteiger partial charge in [-0.15, -0.1) is 0 Å². The predicted octanol–water partition coefficient (Wildman–Crippen LogP) is 5.02. The first-order chi connectivity index (χ1) is 25.5. The highest BCUT2D eigenvalue weighted by atomic mass is 16.6. The first kappa shape index (κ1) is 42.8. The SMILES string of the molecule is CCOc1ccc(CC)cc1-c1cc(C(C(=O)N[C@@H](C)C(=O)NC)N(C)C(=O)CNC(=O)c2ccc(C)cc2C)ccc1OCCNC(=O)OC(C)(C)C. The van der Waals surface area contributed by atoms with Crippen molar-refractivity contribution >= 4 is 29.7 Å². The molecule has 1 unspecified atom stereocenters. The van der Waals surface area contributed by atoms with Gasteiger partial charge in [-0.1, -0.05) is 36.8 Å². The highest BCUT2D eigenvalue weighted by molar-refractivity contribution is 5.98. The number of hydrogen-bond donors (Lipinski definition) is 4. The van der Waals surface area contributed by atoms with E-state index >= 15 is 0 Å². The Hall–Kier alpha value is -5.59. The largest absolute Gasteiger partial charge is 0.493 e. The molecule has 0 aliphatic carbocycles. The fourth-order valence-electron chi connectivity index (χ4n) is 5.68. The van der Waals surface area contributed by atoms with Crippen molar-refractivity contribution in [1.29, 1.82) is 0 Å². The summed E-state index contributed by atoms with van der Waals surface area (Å²) in [5, 5.41) is 10.6. The zero-order valence-corrected chi connectivity index (χ0v) is 33.1. The van der Waals surface area contributed by atoms with Crippen LogP contribution in [0.25, 0.3) is 11.1 Å². The van der Waals surface area contributed by atoms with Crippen molar-refractivity contribution in [2.24, 2.45) is 0 Å². The number of nitrogens with zero attached hydrogens (tertiary/aromatic N) is 1. The van der Waals surface area contributed by atoms with E-state index < -0.39 is 47.4 Å². The molecule has 0 fully saturated rings. The fourth-order valence-corrected chi connectivity index (χ4v) is 5.68. The lowest BCUT2D eigenvalue weighted by Gasteiger charge is -2.29. The van der Waals surface area contributed by atoms with E-state index in [9.17, 15) is 24.0 Å². The molecule has 54 heavy (non-hydrogen) atoms. The van der Waals surface area contributed by atoms with Crippen molar-refractivity contribution in [3.05, 3.63) is 82.4 Å². The number of benzene rings is 3. The highest BCUT2D eigenvalue weighted by Gasteiger charge is 2.32. The Bertz CT molecular complexity index is 1820. The summed E-state index contributed by atoms with van der Waals surface area (Å²) in [7, 11) is 2.93. The minimum absolute atomic E-state index is 0.0924. The number of amides is 5. The molecule has 0 radical (unpaired) electrons. The van der Waals surface area contributed by atoms with Crippen molar-refractivity contribution in [2.45, 2.75) is 79.5 Å². The van der Waals surface area contributed by atoms with E-state index in [1.54, 1.807) is 45.0 Å². The van der Waals surface area contributed by atoms with Gasteiger partial charge in [-0.2, -0.15) is 0 Å². The summed E-state index contributed by atoms with van der Waals surface area (Å²) in [5.41, 5.74) is 4.25. The van der Waals surface area contributed by atoms with Gasteiger partial charge in [-0.3, -0.25) is 19.2 Å². The molecule has 5 amide bonds. The number of hydrogen-bond acceptors (Lipinski definition) is 8. The second-order valence-corrected chi connectivity index (χ2v) is 13.9. The van der Waals surface area contributed by atoms with Crippen LogP contribution in [0.4, 0.5) is 4.79 Å². The molecule has 0 bridgehead atoms. The van der Waals surface area contributed by atoms with E-state index in [0.29, 0.717) is 40.4 Å². The number of likely N-dealkylation sites (N-methyl/N-ethyl adjacent to an activating group) is 2. The van der Waals surface area contributed by atoms with Crippen LogP contribution in [0.15, 0.2) is 54.6 Å². The van der Waals surface area contributed by atoms with Crippen molar-refractivity contribution in [1.82, 2.24) is 26.2 Å². The van der Waals surface area contributed by atoms with Crippen LogP contribution < -0.4 is 30.7 Å². The lowest BCUT2D eigenvalue weighted by Crippen LogP contribution is -2.50. The molecule has 0 aromatic heterocycles. The van der Waals surface area contributed by atoms with Crippen LogP contribution in [-0.2, 0) is 25.5 Å². The number of nitrogens with one attached hydrogen (secondary N) is 4. The molecule has 3 aromatic rings. The molecule has 13 nitrogen and oxygen atoms in total. The summed E-state index contributed by atoms with van der Waals surface area (Å²) in [6, 6.07) is 14.2. The van der Waals surface area contributed by atoms with Gasteiger partial charge in [-0.25, -0.2) is 4.79 Å². The summed E-state index contributed by atoms with van der Waals surface area (Å²) in [4.78, 5) is 66.8. The minimum atomic E-state index is -1.23. The van der Waals surface area contributed by atoms with Gasteiger partial charge in [-0.05, 0) is 102 Å². The van der Waals surface area contributed by atoms with Crippen LogP contribution in [0, 0.1) is 13.8 Å². The van der Waals surface area contributed by atoms with Gasteiger partial charge in [0.15, 0.2) is 0 Å². The van der Waals surface area contributed by atoms with Gasteiger partial charge in [0.1, 0.15) is 35.8 Å². The summed E-state index contributed by atoms with van der Waals surface area (Å²) < 4.78 is 17.6. The molecular formula is C41H55N5O8. The lowest BCUT2D eigenvalue weighted by atomic mass is 9.95. The standard InChI is InChI=1S/C41H55N5O8/c1-11-28-14-17-33(52-12-2)31(22-28)32-23-29(15-18-34(32)53-20-19-43-40(51)54-41(6,7)8)36(39(50)45-27(5)37(48)42-9)46(10)35(47)24-44-38(49)30-16-13-25(3)21-26(30)4/h13-18,21-23,27,36H,11-12,19-20,24H2,1-10H3,(H,42,48)(H,43,51)(H,44,49)(H,45,50)/t27-,36?/m0/s1. The number of carbonyl (C=O) groups is 5. The molecule has 3 aromatic carbocycles. The molecule has 2 atom stereocenters. The van der Waals surface area contributed by atoms with Crippen molar-refractivity contribution < 1.29 is 38.2 Å². The van der Waals surface area contributed by atoms with Gasteiger partial charge < -0.3 is 40.4 Å². The molecule has 13 heteroatoms. The molecule has 0 saturated heterocycles. The van der Waals surface area contributed by atoms with E-state index in [-0.39, 0.29) is 19.7 Å². The molecule has 0 spiro atoms. The summed E-state index contributed by atoms with van der Waals surface area (Å²) in [5.74, 6) is -0.982. The third-order valence-corrected chi connectivity index (χ3v) is 8.44. The first-order valence-corrected chi connectivity index (χ1v) is 18.1. The van der Waals surface area contributed by atoms with Crippen molar-refractivity contribution in [2.75, 3.05) is 40.4 Å². The topological polar surface area (TPSA) is 164 Å². The lowest BCUT2D eigenvalue weighted by molar-refractivity contribution is -0.139. The minimum Gasteiger partial charge on any atom is -0.493 e. The normalized spacial score (nSPS) is 12.1. The molecular weight excluding hydrogens is 690 g/mol. The van der Waals surface area contributed by atoms with E-state index in [1.807, 2.05) is 58.0 Å². The Morgan fingerprint density at radius 2 is 1.50 bits per heavy atom. The maximum atomic E-state index is 14.1. The van der Waals surface area contributed by atoms with E-state index in [1.165, 1.54) is 25.9 Å². The van der Waals surface area contributed by atoms with Gasteiger partial charge in [0, 0.05) is 30.8 Å². The van der Waals surface area contributed by atoms with Gasteiger partial charge >= 0.3 is 6.09 Å². The zero-order valence-electron chi connectivity index (χ0n) is 33.1. The summed E-state index contributed by atoms with van der Waals surface area (Å²) in [6.07, 6.45) is 0.163. The second-order valence-electron chi connectivity index (χ2n) is 13.9. The van der Waals surface area contributed by atoms with Crippen LogP contribution in [0.2, 0.25) is 0 Å². The van der Waals surface area contributed by atoms with Gasteiger partial charge in [0.2, 0.25) is 17.7 Å². The Balaban J connectivity index is 2.06. The van der Waals surface area contributed by atoms with Crippen LogP contribution in [0.1, 0.15) is 80.2 Å². The van der Waals surface area contributed by atoms with Gasteiger partial charge in [0.25, 0.3) is 5.91 Å². The monoisotopic (exact) mass is 745 g/mol. The number of aryl methyl sites for hydroxylation is 3. The number of ether oxygens (including phenoxy) is 3. The summed E-state index contributed by atoms with van der Waals surface area (Å²) in [6.45, 7) is 14.8. The van der Waals surface area contributed by atoms with Crippen molar-refractivity contribution in [3.8, 4) is 22.6 Å². The van der Waals surface area contributed by atoms with E-state index in [0.717, 1.165) is 23.1 Å². The Morgan fingerprint density at radius 3 is 2.13 bits per heavy atom. The van der Waals surface area contributed by atoms with E-state index in [2.05, 4.69) is 21.3 Å². The van der Waals surface area contributed by atoms with Crippen LogP contribution in [0.3, 0.4) is 0 Å². The maximum Gasteiger partial charge on any atom is 0.407 e. The van der Waals surface area contributed by atoms with Crippen LogP contribution in [0.5, 0.6) is 11.5 Å². The number of carbonyl (C=O) groups excluding carboxylic acids is 5. The van der Waals surface area contributed by atoms with E-state index in [4.69, 9.17) is 14.2 Å². The molecule has 4 N–H and O–H groups in total. The predicted molar refractivity (Wildman–Crippen MR) is 208 cm³/mol. The molecule has 0 heterocycles. The third-order valence-electron chi connectivity index (χ3n) is 8.44. The Labute approximate surface area is 318 Å². The number of alkyl carbamates (subject to hydrolysis) is 1. The summed E-state index contributed by atoms with van der Waals surface area (Å²) >= 11 is 0. The smallest absolute Gasteiger partial charge is 0.407 e. The molecule has 0 aliphatic rings.